The van der Waals surface area contributed by atoms with Gasteiger partial charge in [0.05, 0.1) is 17.0 Å². The third kappa shape index (κ3) is 3.93. The van der Waals surface area contributed by atoms with Gasteiger partial charge in [0.15, 0.2) is 14.9 Å². The number of nitrogens with two attached hydrogens (primary N) is 1. The van der Waals surface area contributed by atoms with Gasteiger partial charge >= 0.3 is 6.18 Å². The molecule has 0 aliphatic carbocycles. The van der Waals surface area contributed by atoms with Crippen LogP contribution in [0.5, 0.6) is 0 Å². The lowest BCUT2D eigenvalue weighted by atomic mass is 10.1. The number of rotatable bonds is 4. The molecule has 0 fully saturated rings. The van der Waals surface area contributed by atoms with Gasteiger partial charge in [0.25, 0.3) is 5.91 Å². The van der Waals surface area contributed by atoms with Crippen LogP contribution in [0.3, 0.4) is 0 Å². The van der Waals surface area contributed by atoms with Crippen molar-refractivity contribution in [1.29, 1.82) is 0 Å². The molecule has 1 aromatic carbocycles. The predicted octanol–water partition coefficient (Wildman–Crippen LogP) is 2.87. The molecular formula is C15H13F4N3O3S. The number of hydrogen-bond donors (Lipinski definition) is 2. The van der Waals surface area contributed by atoms with Crippen LogP contribution in [-0.4, -0.2) is 25.1 Å². The normalized spacial score (nSPS) is 12.0. The number of nitrogens with one attached hydrogen (secondary N) is 1. The summed E-state index contributed by atoms with van der Waals surface area (Å²) in [6.07, 6.45) is -4.63. The maximum absolute atomic E-state index is 13.2. The number of sulfone groups is 1. The predicted molar refractivity (Wildman–Crippen MR) is 85.7 cm³/mol. The lowest BCUT2D eigenvalue weighted by molar-refractivity contribution is -0.137. The quantitative estimate of drug-likeness (QED) is 0.781. The Morgan fingerprint density at radius 1 is 1.31 bits per heavy atom. The third-order valence-corrected chi connectivity index (χ3v) is 5.05. The van der Waals surface area contributed by atoms with Crippen molar-refractivity contribution < 1.29 is 30.8 Å². The zero-order valence-electron chi connectivity index (χ0n) is 13.3. The second-order valence-electron chi connectivity index (χ2n) is 5.13. The van der Waals surface area contributed by atoms with Gasteiger partial charge in [0.1, 0.15) is 11.5 Å². The van der Waals surface area contributed by atoms with Crippen LogP contribution in [0.25, 0.3) is 0 Å². The Hall–Kier alpha value is -2.69. The Kier molecular flexibility index (Phi) is 5.21. The Bertz CT molecular complexity index is 959. The van der Waals surface area contributed by atoms with E-state index in [0.29, 0.717) is 0 Å². The minimum absolute atomic E-state index is 0.235. The number of nitrogen functional groups attached to an aromatic ring is 1. The molecule has 0 atom stereocenters. The van der Waals surface area contributed by atoms with E-state index in [0.717, 1.165) is 12.1 Å². The maximum Gasteiger partial charge on any atom is 0.419 e. The van der Waals surface area contributed by atoms with Gasteiger partial charge in [-0.25, -0.2) is 17.8 Å². The number of amides is 1. The average Bonchev–Trinajstić information content (AvgIpc) is 2.55. The highest BCUT2D eigenvalue weighted by atomic mass is 32.2. The number of anilines is 2. The number of carbonyl (C=O) groups excluding carboxylic acids is 1. The third-order valence-electron chi connectivity index (χ3n) is 3.39. The van der Waals surface area contributed by atoms with Crippen LogP contribution >= 0.6 is 0 Å². The van der Waals surface area contributed by atoms with Crippen molar-refractivity contribution in [1.82, 2.24) is 4.98 Å². The first-order valence-corrected chi connectivity index (χ1v) is 8.78. The number of halogens is 4. The summed E-state index contributed by atoms with van der Waals surface area (Å²) < 4.78 is 76.5. The first kappa shape index (κ1) is 19.6. The Balaban J connectivity index is 2.62. The monoisotopic (exact) mass is 391 g/mol. The maximum atomic E-state index is 13.2. The van der Waals surface area contributed by atoms with E-state index in [1.165, 1.54) is 19.1 Å². The summed E-state index contributed by atoms with van der Waals surface area (Å²) in [6, 6.07) is 4.30. The second-order valence-corrected chi connectivity index (χ2v) is 7.32. The van der Waals surface area contributed by atoms with Crippen LogP contribution in [0.2, 0.25) is 0 Å². The SMILES string of the molecule is CCS(=O)(=O)c1ncc(C(F)(F)F)c(N)c1NC(=O)c1cccc(F)c1. The Morgan fingerprint density at radius 2 is 1.96 bits per heavy atom. The van der Waals surface area contributed by atoms with Gasteiger partial charge in [0.2, 0.25) is 0 Å². The van der Waals surface area contributed by atoms with Crippen molar-refractivity contribution in [3.8, 4) is 0 Å². The summed E-state index contributed by atoms with van der Waals surface area (Å²) in [4.78, 5) is 15.5. The summed E-state index contributed by atoms with van der Waals surface area (Å²) >= 11 is 0. The van der Waals surface area contributed by atoms with Gasteiger partial charge in [-0.3, -0.25) is 4.79 Å². The molecule has 26 heavy (non-hydrogen) atoms. The van der Waals surface area contributed by atoms with E-state index in [1.807, 2.05) is 5.32 Å². The number of pyridine rings is 1. The van der Waals surface area contributed by atoms with Crippen LogP contribution in [0.4, 0.5) is 28.9 Å². The van der Waals surface area contributed by atoms with Gasteiger partial charge < -0.3 is 11.1 Å². The van der Waals surface area contributed by atoms with Crippen molar-refractivity contribution in [2.45, 2.75) is 18.1 Å². The fraction of sp³-hybridized carbons (Fsp3) is 0.200. The number of alkyl halides is 3. The van der Waals surface area contributed by atoms with E-state index < -0.39 is 55.5 Å². The van der Waals surface area contributed by atoms with Crippen LogP contribution in [0, 0.1) is 5.82 Å². The molecule has 0 aliphatic heterocycles. The van der Waals surface area contributed by atoms with Gasteiger partial charge in [-0.15, -0.1) is 0 Å². The molecule has 1 heterocycles. The van der Waals surface area contributed by atoms with Crippen molar-refractivity contribution in [2.75, 3.05) is 16.8 Å². The van der Waals surface area contributed by atoms with Crippen molar-refractivity contribution in [2.24, 2.45) is 0 Å². The lowest BCUT2D eigenvalue weighted by Crippen LogP contribution is -2.21. The molecule has 140 valence electrons. The molecule has 0 radical (unpaired) electrons. The van der Waals surface area contributed by atoms with E-state index in [1.54, 1.807) is 0 Å². The smallest absolute Gasteiger partial charge is 0.396 e. The van der Waals surface area contributed by atoms with E-state index in [2.05, 4.69) is 4.98 Å². The molecular weight excluding hydrogens is 378 g/mol. The Morgan fingerprint density at radius 3 is 2.50 bits per heavy atom. The fourth-order valence-electron chi connectivity index (χ4n) is 2.04. The molecule has 2 aromatic rings. The molecule has 0 bridgehead atoms. The largest absolute Gasteiger partial charge is 0.419 e. The lowest BCUT2D eigenvalue weighted by Gasteiger charge is -2.17. The van der Waals surface area contributed by atoms with Gasteiger partial charge in [-0.05, 0) is 18.2 Å². The molecule has 11 heteroatoms. The molecule has 0 saturated carbocycles. The number of carbonyl (C=O) groups is 1. The first-order chi connectivity index (χ1) is 12.0. The zero-order chi connectivity index (χ0) is 19.7. The molecule has 1 aromatic heterocycles. The van der Waals surface area contributed by atoms with Crippen LogP contribution in [0.1, 0.15) is 22.8 Å². The van der Waals surface area contributed by atoms with Crippen LogP contribution in [-0.2, 0) is 16.0 Å². The van der Waals surface area contributed by atoms with E-state index in [4.69, 9.17) is 5.73 Å². The van der Waals surface area contributed by atoms with Crippen LogP contribution < -0.4 is 11.1 Å². The fourth-order valence-corrected chi connectivity index (χ4v) is 3.00. The van der Waals surface area contributed by atoms with E-state index in [-0.39, 0.29) is 11.8 Å². The molecule has 0 spiro atoms. The van der Waals surface area contributed by atoms with Gasteiger partial charge in [-0.2, -0.15) is 13.2 Å². The highest BCUT2D eigenvalue weighted by molar-refractivity contribution is 7.91. The summed E-state index contributed by atoms with van der Waals surface area (Å²) in [6.45, 7) is 1.25. The number of aromatic nitrogens is 1. The molecule has 1 amide bonds. The van der Waals surface area contributed by atoms with Crippen molar-refractivity contribution in [3.63, 3.8) is 0 Å². The summed E-state index contributed by atoms with van der Waals surface area (Å²) in [7, 11) is -4.10. The van der Waals surface area contributed by atoms with Gasteiger partial charge in [-0.1, -0.05) is 13.0 Å². The number of hydrogen-bond acceptors (Lipinski definition) is 5. The van der Waals surface area contributed by atoms with E-state index in [9.17, 15) is 30.8 Å². The first-order valence-electron chi connectivity index (χ1n) is 7.12. The highest BCUT2D eigenvalue weighted by Gasteiger charge is 2.37. The topological polar surface area (TPSA) is 102 Å². The van der Waals surface area contributed by atoms with Crippen LogP contribution in [0.15, 0.2) is 35.5 Å². The van der Waals surface area contributed by atoms with Crippen molar-refractivity contribution in [3.05, 3.63) is 47.4 Å². The standard InChI is InChI=1S/C15H13F4N3O3S/c1-2-26(24,25)14-12(11(20)10(7-21-14)15(17,18)19)22-13(23)8-4-3-5-9(16)6-8/h3-7H,2H2,1H3,(H2,20,21)(H,22,23). The number of nitrogens with zero attached hydrogens (tertiary/aromatic N) is 1. The molecule has 3 N–H and O–H groups in total. The van der Waals surface area contributed by atoms with Crippen molar-refractivity contribution >= 4 is 27.1 Å². The number of benzene rings is 1. The summed E-state index contributed by atoms with van der Waals surface area (Å²) in [5, 5.41) is 1.21. The second kappa shape index (κ2) is 6.90. The zero-order valence-corrected chi connectivity index (χ0v) is 14.1. The molecule has 0 aliphatic rings. The highest BCUT2D eigenvalue weighted by Crippen LogP contribution is 2.39. The molecule has 0 unspecified atom stereocenters. The minimum atomic E-state index is -4.91. The summed E-state index contributed by atoms with van der Waals surface area (Å²) in [5.74, 6) is -2.27. The minimum Gasteiger partial charge on any atom is -0.396 e. The molecule has 2 rings (SSSR count). The van der Waals surface area contributed by atoms with E-state index >= 15 is 0 Å². The van der Waals surface area contributed by atoms with Gasteiger partial charge in [0, 0.05) is 11.8 Å². The molecule has 6 nitrogen and oxygen atoms in total. The molecule has 0 saturated heterocycles. The Labute approximate surface area is 146 Å². The average molecular weight is 391 g/mol. The summed E-state index contributed by atoms with van der Waals surface area (Å²) in [5.41, 5.74) is 2.04.